The molecule has 2 saturated carbocycles. The number of carbonyl (C=O) groups is 2. The highest BCUT2D eigenvalue weighted by molar-refractivity contribution is 6.01. The molecule has 2 aliphatic rings. The molecule has 0 aromatic heterocycles. The fraction of sp³-hybridized carbons (Fsp3) is 0.867. The van der Waals surface area contributed by atoms with E-state index in [-0.39, 0.29) is 17.4 Å². The van der Waals surface area contributed by atoms with Gasteiger partial charge in [0.15, 0.2) is 5.41 Å². The quantitative estimate of drug-likeness (QED) is 0.581. The normalized spacial score (nSPS) is 31.8. The average molecular weight is 268 g/mol. The Labute approximate surface area is 114 Å². The van der Waals surface area contributed by atoms with Crippen LogP contribution in [0.4, 0.5) is 0 Å². The number of ether oxygens (including phenoxy) is 2. The maximum absolute atomic E-state index is 12.5. The van der Waals surface area contributed by atoms with Gasteiger partial charge in [0.05, 0.1) is 13.2 Å². The molecule has 0 N–H and O–H groups in total. The Morgan fingerprint density at radius 3 is 2.16 bits per heavy atom. The van der Waals surface area contributed by atoms with Gasteiger partial charge in [0.25, 0.3) is 0 Å². The maximum Gasteiger partial charge on any atom is 0.324 e. The second kappa shape index (κ2) is 5.14. The largest absolute Gasteiger partial charge is 0.465 e. The summed E-state index contributed by atoms with van der Waals surface area (Å²) in [6.45, 7) is 6.24. The van der Waals surface area contributed by atoms with Crippen molar-refractivity contribution in [2.75, 3.05) is 13.2 Å². The molecule has 0 aromatic rings. The zero-order valence-corrected chi connectivity index (χ0v) is 12.2. The van der Waals surface area contributed by atoms with Crippen LogP contribution in [-0.4, -0.2) is 25.2 Å². The van der Waals surface area contributed by atoms with Gasteiger partial charge in [0, 0.05) is 0 Å². The molecule has 0 spiro atoms. The molecular formula is C15H24O4. The van der Waals surface area contributed by atoms with Gasteiger partial charge in [-0.25, -0.2) is 0 Å². The number of rotatable bonds is 4. The molecule has 108 valence electrons. The minimum absolute atomic E-state index is 0.286. The van der Waals surface area contributed by atoms with E-state index in [0.717, 1.165) is 25.7 Å². The van der Waals surface area contributed by atoms with E-state index in [0.29, 0.717) is 25.6 Å². The van der Waals surface area contributed by atoms with Gasteiger partial charge in [-0.1, -0.05) is 13.3 Å². The Bertz CT molecular complexity index is 358. The first-order valence-corrected chi connectivity index (χ1v) is 7.37. The van der Waals surface area contributed by atoms with Gasteiger partial charge >= 0.3 is 11.9 Å². The highest BCUT2D eigenvalue weighted by Gasteiger charge is 2.68. The Morgan fingerprint density at radius 2 is 1.63 bits per heavy atom. The Hall–Kier alpha value is -1.06. The van der Waals surface area contributed by atoms with Gasteiger partial charge < -0.3 is 9.47 Å². The lowest BCUT2D eigenvalue weighted by atomic mass is 9.64. The zero-order chi connectivity index (χ0) is 14.1. The maximum atomic E-state index is 12.5. The van der Waals surface area contributed by atoms with E-state index in [2.05, 4.69) is 6.92 Å². The summed E-state index contributed by atoms with van der Waals surface area (Å²) >= 11 is 0. The van der Waals surface area contributed by atoms with Gasteiger partial charge in [0.2, 0.25) is 0 Å². The van der Waals surface area contributed by atoms with E-state index >= 15 is 0 Å². The topological polar surface area (TPSA) is 52.6 Å². The minimum Gasteiger partial charge on any atom is -0.465 e. The first kappa shape index (κ1) is 14.4. The van der Waals surface area contributed by atoms with Crippen LogP contribution in [-0.2, 0) is 19.1 Å². The monoisotopic (exact) mass is 268 g/mol. The second-order valence-electron chi connectivity index (χ2n) is 5.89. The predicted molar refractivity (Wildman–Crippen MR) is 70.4 cm³/mol. The third-order valence-corrected chi connectivity index (χ3v) is 5.24. The van der Waals surface area contributed by atoms with Gasteiger partial charge in [-0.2, -0.15) is 0 Å². The smallest absolute Gasteiger partial charge is 0.324 e. The molecule has 0 bridgehead atoms. The van der Waals surface area contributed by atoms with E-state index < -0.39 is 5.41 Å². The third kappa shape index (κ3) is 1.87. The van der Waals surface area contributed by atoms with E-state index in [1.807, 2.05) is 0 Å². The van der Waals surface area contributed by atoms with Crippen LogP contribution in [0.25, 0.3) is 0 Å². The molecule has 4 nitrogen and oxygen atoms in total. The summed E-state index contributed by atoms with van der Waals surface area (Å²) in [5.41, 5.74) is -1.36. The molecule has 0 amide bonds. The summed E-state index contributed by atoms with van der Waals surface area (Å²) in [5.74, 6) is -0.304. The first-order valence-electron chi connectivity index (χ1n) is 7.37. The Morgan fingerprint density at radius 1 is 1.05 bits per heavy atom. The summed E-state index contributed by atoms with van der Waals surface area (Å²) in [5, 5.41) is 0. The van der Waals surface area contributed by atoms with Crippen LogP contribution < -0.4 is 0 Å². The molecule has 0 radical (unpaired) electrons. The van der Waals surface area contributed by atoms with Crippen LogP contribution in [0.2, 0.25) is 0 Å². The van der Waals surface area contributed by atoms with Crippen molar-refractivity contribution in [2.45, 2.75) is 52.9 Å². The van der Waals surface area contributed by atoms with Crippen molar-refractivity contribution < 1.29 is 19.1 Å². The summed E-state index contributed by atoms with van der Waals surface area (Å²) in [6, 6.07) is 0. The Kier molecular flexibility index (Phi) is 3.88. The number of carbonyl (C=O) groups excluding carboxylic acids is 2. The molecule has 2 fully saturated rings. The van der Waals surface area contributed by atoms with Gasteiger partial charge in [-0.05, 0) is 50.9 Å². The SMILES string of the molecule is CCOC(=O)C1(C(=O)OCC)CC[C@@H]2CCC[C@@]21C. The number of hydrogen-bond acceptors (Lipinski definition) is 4. The van der Waals surface area contributed by atoms with Crippen LogP contribution >= 0.6 is 0 Å². The minimum atomic E-state index is -1.07. The molecule has 19 heavy (non-hydrogen) atoms. The lowest BCUT2D eigenvalue weighted by Gasteiger charge is -2.39. The van der Waals surface area contributed by atoms with Crippen LogP contribution in [0.3, 0.4) is 0 Å². The van der Waals surface area contributed by atoms with E-state index in [9.17, 15) is 9.59 Å². The van der Waals surface area contributed by atoms with E-state index in [1.165, 1.54) is 0 Å². The summed E-state index contributed by atoms with van der Waals surface area (Å²) in [4.78, 5) is 25.0. The Balaban J connectivity index is 2.40. The van der Waals surface area contributed by atoms with Crippen molar-refractivity contribution in [2.24, 2.45) is 16.7 Å². The van der Waals surface area contributed by atoms with Crippen molar-refractivity contribution in [3.05, 3.63) is 0 Å². The van der Waals surface area contributed by atoms with Crippen LogP contribution in [0.5, 0.6) is 0 Å². The molecule has 0 saturated heterocycles. The van der Waals surface area contributed by atoms with Crippen LogP contribution in [0, 0.1) is 16.7 Å². The zero-order valence-electron chi connectivity index (χ0n) is 12.2. The van der Waals surface area contributed by atoms with Crippen molar-refractivity contribution in [3.63, 3.8) is 0 Å². The molecule has 0 aliphatic heterocycles. The van der Waals surface area contributed by atoms with Gasteiger partial charge in [-0.3, -0.25) is 9.59 Å². The molecule has 2 aliphatic carbocycles. The van der Waals surface area contributed by atoms with Crippen molar-refractivity contribution in [1.82, 2.24) is 0 Å². The first-order chi connectivity index (χ1) is 9.03. The molecule has 0 aromatic carbocycles. The van der Waals surface area contributed by atoms with Crippen molar-refractivity contribution in [3.8, 4) is 0 Å². The van der Waals surface area contributed by atoms with Crippen molar-refractivity contribution >= 4 is 11.9 Å². The molecule has 2 atom stereocenters. The fourth-order valence-electron chi connectivity index (χ4n) is 4.20. The van der Waals surface area contributed by atoms with Crippen LogP contribution in [0.1, 0.15) is 52.9 Å². The van der Waals surface area contributed by atoms with E-state index in [4.69, 9.17) is 9.47 Å². The average Bonchev–Trinajstić information content (AvgIpc) is 2.85. The lowest BCUT2D eigenvalue weighted by molar-refractivity contribution is -0.181. The summed E-state index contributed by atoms with van der Waals surface area (Å²) in [7, 11) is 0. The fourth-order valence-corrected chi connectivity index (χ4v) is 4.20. The summed E-state index contributed by atoms with van der Waals surface area (Å²) in [6.07, 6.45) is 4.61. The lowest BCUT2D eigenvalue weighted by Crippen LogP contribution is -2.51. The number of esters is 2. The van der Waals surface area contributed by atoms with E-state index in [1.54, 1.807) is 13.8 Å². The molecule has 2 rings (SSSR count). The highest BCUT2D eigenvalue weighted by atomic mass is 16.6. The molecular weight excluding hydrogens is 244 g/mol. The number of fused-ring (bicyclic) bond motifs is 1. The highest BCUT2D eigenvalue weighted by Crippen LogP contribution is 2.64. The predicted octanol–water partition coefficient (Wildman–Crippen LogP) is 2.70. The molecule has 0 unspecified atom stereocenters. The number of hydrogen-bond donors (Lipinski definition) is 0. The van der Waals surface area contributed by atoms with Gasteiger partial charge in [0.1, 0.15) is 0 Å². The summed E-state index contributed by atoms with van der Waals surface area (Å²) < 4.78 is 10.5. The third-order valence-electron chi connectivity index (χ3n) is 5.24. The van der Waals surface area contributed by atoms with Crippen molar-refractivity contribution in [1.29, 1.82) is 0 Å². The molecule has 4 heteroatoms. The molecule has 0 heterocycles. The standard InChI is InChI=1S/C15H24O4/c1-4-18-12(16)15(13(17)19-5-2)10-8-11-7-6-9-14(11,15)3/h11H,4-10H2,1-3H3/t11-,14-/m0/s1. The second-order valence-corrected chi connectivity index (χ2v) is 5.89. The van der Waals surface area contributed by atoms with Gasteiger partial charge in [-0.15, -0.1) is 0 Å². The van der Waals surface area contributed by atoms with Crippen LogP contribution in [0.15, 0.2) is 0 Å².